The van der Waals surface area contributed by atoms with Gasteiger partial charge in [-0.3, -0.25) is 4.72 Å². The molecule has 0 heterocycles. The van der Waals surface area contributed by atoms with Crippen LogP contribution in [0.25, 0.3) is 0 Å². The quantitative estimate of drug-likeness (QED) is 0.797. The molecule has 1 rings (SSSR count). The Bertz CT molecular complexity index is 415. The van der Waals surface area contributed by atoms with Crippen LogP contribution < -0.4 is 10.5 Å². The third-order valence-corrected chi connectivity index (χ3v) is 3.40. The topological polar surface area (TPSA) is 72.2 Å². The number of hydrogen-bond acceptors (Lipinski definition) is 3. The second-order valence-electron chi connectivity index (χ2n) is 3.33. The Morgan fingerprint density at radius 2 is 2.13 bits per heavy atom. The summed E-state index contributed by atoms with van der Waals surface area (Å²) in [4.78, 5) is 0. The molecular weight excluding hydrogens is 212 g/mol. The number of rotatable bonds is 5. The Kier molecular flexibility index (Phi) is 4.11. The van der Waals surface area contributed by atoms with Crippen molar-refractivity contribution in [3.05, 3.63) is 29.8 Å². The molecule has 3 N–H and O–H groups in total. The summed E-state index contributed by atoms with van der Waals surface area (Å²) in [6, 6.07) is 7.10. The van der Waals surface area contributed by atoms with Crippen LogP contribution in [-0.2, 0) is 16.6 Å². The van der Waals surface area contributed by atoms with E-state index in [4.69, 9.17) is 5.73 Å². The van der Waals surface area contributed by atoms with Gasteiger partial charge in [0.05, 0.1) is 5.75 Å². The smallest absolute Gasteiger partial charge is 0.232 e. The molecule has 0 aliphatic carbocycles. The summed E-state index contributed by atoms with van der Waals surface area (Å²) in [7, 11) is -3.20. The van der Waals surface area contributed by atoms with Gasteiger partial charge in [0, 0.05) is 12.2 Å². The predicted octanol–water partition coefficient (Wildman–Crippen LogP) is 1.30. The van der Waals surface area contributed by atoms with E-state index in [-0.39, 0.29) is 5.75 Å². The molecule has 4 nitrogen and oxygen atoms in total. The zero-order chi connectivity index (χ0) is 11.3. The molecule has 0 unspecified atom stereocenters. The van der Waals surface area contributed by atoms with Crippen LogP contribution in [0.3, 0.4) is 0 Å². The van der Waals surface area contributed by atoms with Crippen LogP contribution in [0, 0.1) is 0 Å². The van der Waals surface area contributed by atoms with Crippen molar-refractivity contribution in [3.8, 4) is 0 Å². The number of hydrogen-bond donors (Lipinski definition) is 2. The van der Waals surface area contributed by atoms with Gasteiger partial charge in [0.2, 0.25) is 10.0 Å². The van der Waals surface area contributed by atoms with Crippen molar-refractivity contribution in [2.45, 2.75) is 19.9 Å². The molecule has 84 valence electrons. The van der Waals surface area contributed by atoms with Crippen LogP contribution >= 0.6 is 0 Å². The number of nitrogens with two attached hydrogens (primary N) is 1. The highest BCUT2D eigenvalue weighted by Crippen LogP contribution is 2.12. The normalized spacial score (nSPS) is 11.3. The maximum atomic E-state index is 11.5. The number of sulfonamides is 1. The molecule has 0 amide bonds. The third kappa shape index (κ3) is 3.89. The molecule has 0 aliphatic rings. The van der Waals surface area contributed by atoms with Gasteiger partial charge >= 0.3 is 0 Å². The molecule has 0 fully saturated rings. The molecule has 0 bridgehead atoms. The Hall–Kier alpha value is -1.07. The predicted molar refractivity (Wildman–Crippen MR) is 62.0 cm³/mol. The van der Waals surface area contributed by atoms with Crippen molar-refractivity contribution in [1.82, 2.24) is 0 Å². The highest BCUT2D eigenvalue weighted by atomic mass is 32.2. The molecule has 15 heavy (non-hydrogen) atoms. The van der Waals surface area contributed by atoms with E-state index < -0.39 is 10.0 Å². The van der Waals surface area contributed by atoms with Crippen molar-refractivity contribution in [2.24, 2.45) is 5.73 Å². The van der Waals surface area contributed by atoms with Crippen LogP contribution in [-0.4, -0.2) is 14.2 Å². The minimum Gasteiger partial charge on any atom is -0.326 e. The summed E-state index contributed by atoms with van der Waals surface area (Å²) >= 11 is 0. The summed E-state index contributed by atoms with van der Waals surface area (Å²) in [6.07, 6.45) is 0.603. The molecule has 0 saturated heterocycles. The van der Waals surface area contributed by atoms with Gasteiger partial charge in [-0.05, 0) is 24.1 Å². The molecular formula is C10H16N2O2S. The second kappa shape index (κ2) is 5.14. The molecule has 0 radical (unpaired) electrons. The van der Waals surface area contributed by atoms with Gasteiger partial charge in [0.25, 0.3) is 0 Å². The first-order chi connectivity index (χ1) is 7.07. The number of anilines is 1. The number of nitrogens with one attached hydrogen (secondary N) is 1. The molecule has 5 heteroatoms. The molecule has 0 saturated carbocycles. The first kappa shape index (κ1) is 12.0. The Morgan fingerprint density at radius 1 is 1.40 bits per heavy atom. The second-order valence-corrected chi connectivity index (χ2v) is 5.17. The van der Waals surface area contributed by atoms with E-state index in [2.05, 4.69) is 4.72 Å². The molecule has 1 aromatic carbocycles. The van der Waals surface area contributed by atoms with Gasteiger partial charge in [-0.15, -0.1) is 0 Å². The van der Waals surface area contributed by atoms with Gasteiger partial charge in [0.15, 0.2) is 0 Å². The van der Waals surface area contributed by atoms with E-state index in [0.29, 0.717) is 18.7 Å². The average molecular weight is 228 g/mol. The zero-order valence-electron chi connectivity index (χ0n) is 8.73. The lowest BCUT2D eigenvalue weighted by molar-refractivity contribution is 0.600. The lowest BCUT2D eigenvalue weighted by atomic mass is 10.2. The summed E-state index contributed by atoms with van der Waals surface area (Å²) in [6.45, 7) is 2.24. The van der Waals surface area contributed by atoms with Crippen molar-refractivity contribution < 1.29 is 8.42 Å². The average Bonchev–Trinajstić information content (AvgIpc) is 2.17. The van der Waals surface area contributed by atoms with Crippen molar-refractivity contribution in [2.75, 3.05) is 10.5 Å². The highest BCUT2D eigenvalue weighted by molar-refractivity contribution is 7.92. The molecule has 0 atom stereocenters. The van der Waals surface area contributed by atoms with Crippen LogP contribution in [0.1, 0.15) is 18.9 Å². The zero-order valence-corrected chi connectivity index (χ0v) is 9.55. The summed E-state index contributed by atoms with van der Waals surface area (Å²) in [5.41, 5.74) is 6.95. The first-order valence-electron chi connectivity index (χ1n) is 4.87. The maximum Gasteiger partial charge on any atom is 0.232 e. The molecule has 0 spiro atoms. The van der Waals surface area contributed by atoms with Crippen LogP contribution in [0.4, 0.5) is 5.69 Å². The van der Waals surface area contributed by atoms with Crippen molar-refractivity contribution in [1.29, 1.82) is 0 Å². The van der Waals surface area contributed by atoms with Crippen molar-refractivity contribution >= 4 is 15.7 Å². The van der Waals surface area contributed by atoms with Gasteiger partial charge in [-0.2, -0.15) is 0 Å². The minimum absolute atomic E-state index is 0.139. The van der Waals surface area contributed by atoms with Crippen molar-refractivity contribution in [3.63, 3.8) is 0 Å². The third-order valence-electron chi connectivity index (χ3n) is 1.91. The Labute approximate surface area is 90.5 Å². The van der Waals surface area contributed by atoms with E-state index in [9.17, 15) is 8.42 Å². The standard InChI is InChI=1S/C10H16N2O2S/c1-2-6-15(13,14)12-10-5-3-4-9(7-10)8-11/h3-5,7,12H,2,6,8,11H2,1H3. The summed E-state index contributed by atoms with van der Waals surface area (Å²) < 4.78 is 25.4. The maximum absolute atomic E-state index is 11.5. The van der Waals surface area contributed by atoms with E-state index in [1.807, 2.05) is 13.0 Å². The van der Waals surface area contributed by atoms with E-state index in [0.717, 1.165) is 5.56 Å². The minimum atomic E-state index is -3.20. The number of benzene rings is 1. The van der Waals surface area contributed by atoms with E-state index in [1.165, 1.54) is 0 Å². The van der Waals surface area contributed by atoms with E-state index in [1.54, 1.807) is 18.2 Å². The fraction of sp³-hybridized carbons (Fsp3) is 0.400. The fourth-order valence-electron chi connectivity index (χ4n) is 1.26. The van der Waals surface area contributed by atoms with Gasteiger partial charge in [-0.25, -0.2) is 8.42 Å². The molecule has 0 aromatic heterocycles. The first-order valence-corrected chi connectivity index (χ1v) is 6.52. The summed E-state index contributed by atoms with van der Waals surface area (Å²) in [5, 5.41) is 0. The Balaban J connectivity index is 2.80. The van der Waals surface area contributed by atoms with Gasteiger partial charge < -0.3 is 5.73 Å². The lowest BCUT2D eigenvalue weighted by Gasteiger charge is -2.07. The monoisotopic (exact) mass is 228 g/mol. The summed E-state index contributed by atoms with van der Waals surface area (Å²) in [5.74, 6) is 0.139. The van der Waals surface area contributed by atoms with Gasteiger partial charge in [0.1, 0.15) is 0 Å². The van der Waals surface area contributed by atoms with Crippen LogP contribution in [0.5, 0.6) is 0 Å². The molecule has 0 aliphatic heterocycles. The van der Waals surface area contributed by atoms with Crippen LogP contribution in [0.2, 0.25) is 0 Å². The fourth-order valence-corrected chi connectivity index (χ4v) is 2.39. The highest BCUT2D eigenvalue weighted by Gasteiger charge is 2.08. The molecule has 1 aromatic rings. The lowest BCUT2D eigenvalue weighted by Crippen LogP contribution is -2.16. The largest absolute Gasteiger partial charge is 0.326 e. The van der Waals surface area contributed by atoms with Gasteiger partial charge in [-0.1, -0.05) is 19.1 Å². The van der Waals surface area contributed by atoms with E-state index >= 15 is 0 Å². The SMILES string of the molecule is CCCS(=O)(=O)Nc1cccc(CN)c1. The van der Waals surface area contributed by atoms with Crippen LogP contribution in [0.15, 0.2) is 24.3 Å². The Morgan fingerprint density at radius 3 is 2.73 bits per heavy atom.